The van der Waals surface area contributed by atoms with Crippen molar-refractivity contribution < 1.29 is 0 Å². The molecule has 1 aliphatic carbocycles. The number of halogens is 1. The van der Waals surface area contributed by atoms with Crippen molar-refractivity contribution in [1.29, 1.82) is 0 Å². The summed E-state index contributed by atoms with van der Waals surface area (Å²) in [6.07, 6.45) is 9.06. The van der Waals surface area contributed by atoms with Gasteiger partial charge in [-0.2, -0.15) is 0 Å². The lowest BCUT2D eigenvalue weighted by Crippen LogP contribution is -2.13. The second kappa shape index (κ2) is 6.85. The Bertz CT molecular complexity index is 597. The molecule has 1 aliphatic rings. The lowest BCUT2D eigenvalue weighted by atomic mass is 10.1. The topological polar surface area (TPSA) is 17.0 Å². The van der Waals surface area contributed by atoms with Crippen LogP contribution in [0.15, 0.2) is 24.4 Å². The van der Waals surface area contributed by atoms with Gasteiger partial charge in [0.1, 0.15) is 0 Å². The molecule has 2 aromatic rings. The maximum absolute atomic E-state index is 6.21. The van der Waals surface area contributed by atoms with E-state index in [9.17, 15) is 0 Å². The fourth-order valence-corrected chi connectivity index (χ4v) is 3.67. The number of rotatable bonds is 6. The molecular weight excluding hydrogens is 280 g/mol. The van der Waals surface area contributed by atoms with Crippen molar-refractivity contribution in [1.82, 2.24) is 9.88 Å². The van der Waals surface area contributed by atoms with Gasteiger partial charge in [-0.3, -0.25) is 0 Å². The summed E-state index contributed by atoms with van der Waals surface area (Å²) in [6.45, 7) is 5.37. The Labute approximate surface area is 132 Å². The fraction of sp³-hybridized carbons (Fsp3) is 0.556. The number of fused-ring (bicyclic) bond motifs is 1. The van der Waals surface area contributed by atoms with Crippen molar-refractivity contribution in [3.05, 3.63) is 35.0 Å². The van der Waals surface area contributed by atoms with Gasteiger partial charge in [0.05, 0.1) is 0 Å². The van der Waals surface area contributed by atoms with Crippen LogP contribution in [0.1, 0.15) is 44.6 Å². The van der Waals surface area contributed by atoms with Crippen LogP contribution in [0.4, 0.5) is 0 Å². The van der Waals surface area contributed by atoms with E-state index in [4.69, 9.17) is 11.6 Å². The van der Waals surface area contributed by atoms with Crippen LogP contribution in [-0.4, -0.2) is 11.1 Å². The molecule has 0 spiro atoms. The summed E-state index contributed by atoms with van der Waals surface area (Å²) < 4.78 is 2.43. The molecule has 1 fully saturated rings. The van der Waals surface area contributed by atoms with Crippen LogP contribution < -0.4 is 5.32 Å². The van der Waals surface area contributed by atoms with Crippen LogP contribution in [0.2, 0.25) is 5.02 Å². The lowest BCUT2D eigenvalue weighted by Gasteiger charge is -2.11. The molecule has 1 saturated carbocycles. The summed E-state index contributed by atoms with van der Waals surface area (Å²) in [4.78, 5) is 0. The molecule has 0 unspecified atom stereocenters. The van der Waals surface area contributed by atoms with Gasteiger partial charge in [0.15, 0.2) is 0 Å². The van der Waals surface area contributed by atoms with Gasteiger partial charge >= 0.3 is 0 Å². The lowest BCUT2D eigenvalue weighted by molar-refractivity contribution is 0.465. The van der Waals surface area contributed by atoms with Crippen molar-refractivity contribution in [2.75, 3.05) is 6.54 Å². The summed E-state index contributed by atoms with van der Waals surface area (Å²) in [5.41, 5.74) is 2.69. The van der Waals surface area contributed by atoms with E-state index in [-0.39, 0.29) is 0 Å². The van der Waals surface area contributed by atoms with Gasteiger partial charge in [-0.05, 0) is 49.4 Å². The Balaban J connectivity index is 1.88. The van der Waals surface area contributed by atoms with Crippen molar-refractivity contribution in [3.63, 3.8) is 0 Å². The zero-order chi connectivity index (χ0) is 14.7. The van der Waals surface area contributed by atoms with Crippen LogP contribution >= 0.6 is 11.6 Å². The first kappa shape index (κ1) is 14.9. The molecule has 1 heterocycles. The van der Waals surface area contributed by atoms with Crippen molar-refractivity contribution in [2.24, 2.45) is 5.92 Å². The molecule has 0 atom stereocenters. The molecule has 0 amide bonds. The number of benzene rings is 1. The highest BCUT2D eigenvalue weighted by Crippen LogP contribution is 2.30. The normalized spacial score (nSPS) is 16.1. The van der Waals surface area contributed by atoms with Crippen molar-refractivity contribution in [2.45, 2.75) is 52.1 Å². The monoisotopic (exact) mass is 304 g/mol. The number of hydrogen-bond acceptors (Lipinski definition) is 1. The second-order valence-corrected chi connectivity index (χ2v) is 6.73. The van der Waals surface area contributed by atoms with Gasteiger partial charge in [-0.25, -0.2) is 0 Å². The standard InChI is InChI=1S/C18H25ClN2/c1-2-9-20-11-15-13-21(12-14-5-3-4-6-14)18-10-16(19)7-8-17(15)18/h7-8,10,13-14,20H,2-6,9,11-12H2,1H3. The Morgan fingerprint density at radius 3 is 2.86 bits per heavy atom. The van der Waals surface area contributed by atoms with E-state index in [1.54, 1.807) is 0 Å². The smallest absolute Gasteiger partial charge is 0.0498 e. The predicted octanol–water partition coefficient (Wildman–Crippen LogP) is 4.98. The molecule has 3 rings (SSSR count). The van der Waals surface area contributed by atoms with Crippen LogP contribution in [0.5, 0.6) is 0 Å². The van der Waals surface area contributed by atoms with E-state index in [0.29, 0.717) is 0 Å². The van der Waals surface area contributed by atoms with E-state index in [1.165, 1.54) is 48.6 Å². The van der Waals surface area contributed by atoms with Crippen LogP contribution in [0, 0.1) is 5.92 Å². The van der Waals surface area contributed by atoms with Gasteiger partial charge in [-0.15, -0.1) is 0 Å². The van der Waals surface area contributed by atoms with Crippen LogP contribution in [0.3, 0.4) is 0 Å². The van der Waals surface area contributed by atoms with Crippen LogP contribution in [-0.2, 0) is 13.1 Å². The summed E-state index contributed by atoms with van der Waals surface area (Å²) in [5, 5.41) is 5.70. The zero-order valence-corrected chi connectivity index (χ0v) is 13.6. The molecule has 21 heavy (non-hydrogen) atoms. The largest absolute Gasteiger partial charge is 0.347 e. The number of hydrogen-bond donors (Lipinski definition) is 1. The van der Waals surface area contributed by atoms with Gasteiger partial charge in [-0.1, -0.05) is 37.4 Å². The zero-order valence-electron chi connectivity index (χ0n) is 12.9. The Morgan fingerprint density at radius 1 is 1.29 bits per heavy atom. The molecule has 0 saturated heterocycles. The molecule has 1 aromatic heterocycles. The van der Waals surface area contributed by atoms with Gasteiger partial charge < -0.3 is 9.88 Å². The second-order valence-electron chi connectivity index (χ2n) is 6.30. The van der Waals surface area contributed by atoms with E-state index in [2.05, 4.69) is 35.1 Å². The van der Waals surface area contributed by atoms with Gasteiger partial charge in [0, 0.05) is 35.2 Å². The molecule has 2 nitrogen and oxygen atoms in total. The van der Waals surface area contributed by atoms with Crippen molar-refractivity contribution in [3.8, 4) is 0 Å². The van der Waals surface area contributed by atoms with Gasteiger partial charge in [0.25, 0.3) is 0 Å². The average Bonchev–Trinajstić information content (AvgIpc) is 3.09. The third kappa shape index (κ3) is 3.44. The first-order valence-corrected chi connectivity index (χ1v) is 8.63. The fourth-order valence-electron chi connectivity index (χ4n) is 3.50. The third-order valence-electron chi connectivity index (χ3n) is 4.60. The molecule has 1 aromatic carbocycles. The quantitative estimate of drug-likeness (QED) is 0.744. The predicted molar refractivity (Wildman–Crippen MR) is 90.9 cm³/mol. The third-order valence-corrected chi connectivity index (χ3v) is 4.83. The van der Waals surface area contributed by atoms with E-state index >= 15 is 0 Å². The number of aromatic nitrogens is 1. The average molecular weight is 305 g/mol. The first-order chi connectivity index (χ1) is 10.3. The summed E-state index contributed by atoms with van der Waals surface area (Å²) in [7, 11) is 0. The SMILES string of the molecule is CCCNCc1cn(CC2CCCC2)c2cc(Cl)ccc12. The molecule has 0 bridgehead atoms. The highest BCUT2D eigenvalue weighted by atomic mass is 35.5. The first-order valence-electron chi connectivity index (χ1n) is 8.26. The maximum atomic E-state index is 6.21. The summed E-state index contributed by atoms with van der Waals surface area (Å²) >= 11 is 6.21. The minimum atomic E-state index is 0.835. The molecule has 1 N–H and O–H groups in total. The number of nitrogens with one attached hydrogen (secondary N) is 1. The van der Waals surface area contributed by atoms with E-state index < -0.39 is 0 Å². The molecular formula is C18H25ClN2. The highest BCUT2D eigenvalue weighted by molar-refractivity contribution is 6.31. The van der Waals surface area contributed by atoms with Gasteiger partial charge in [0.2, 0.25) is 0 Å². The minimum Gasteiger partial charge on any atom is -0.347 e. The number of nitrogens with zero attached hydrogens (tertiary/aromatic N) is 1. The summed E-state index contributed by atoms with van der Waals surface area (Å²) in [5.74, 6) is 0.844. The molecule has 3 heteroatoms. The minimum absolute atomic E-state index is 0.835. The Hall–Kier alpha value is -0.990. The van der Waals surface area contributed by atoms with Crippen LogP contribution in [0.25, 0.3) is 10.9 Å². The maximum Gasteiger partial charge on any atom is 0.0498 e. The Morgan fingerprint density at radius 2 is 2.10 bits per heavy atom. The van der Waals surface area contributed by atoms with Crippen molar-refractivity contribution >= 4 is 22.5 Å². The molecule has 0 radical (unpaired) electrons. The Kier molecular flexibility index (Phi) is 4.87. The summed E-state index contributed by atoms with van der Waals surface area (Å²) in [6, 6.07) is 6.30. The highest BCUT2D eigenvalue weighted by Gasteiger charge is 2.17. The molecule has 0 aliphatic heterocycles. The van der Waals surface area contributed by atoms with E-state index in [0.717, 1.165) is 30.6 Å². The molecule has 114 valence electrons. The van der Waals surface area contributed by atoms with E-state index in [1.807, 2.05) is 6.07 Å².